The van der Waals surface area contributed by atoms with Crippen molar-refractivity contribution in [2.75, 3.05) is 23.3 Å². The lowest BCUT2D eigenvalue weighted by atomic mass is 9.95. The SMILES string of the molecule is O=C(Nc1ccc(F)c(C(F)(F)F)c1)C1CCN(c2cc(-c3ccccc3)ncn2)CC1. The van der Waals surface area contributed by atoms with Crippen molar-refractivity contribution in [2.45, 2.75) is 19.0 Å². The number of alkyl halides is 3. The third-order valence-corrected chi connectivity index (χ3v) is 5.45. The van der Waals surface area contributed by atoms with Gasteiger partial charge in [0.2, 0.25) is 5.91 Å². The molecule has 0 spiro atoms. The second-order valence-corrected chi connectivity index (χ2v) is 7.57. The van der Waals surface area contributed by atoms with E-state index in [2.05, 4.69) is 20.2 Å². The molecule has 4 rings (SSSR count). The van der Waals surface area contributed by atoms with Crippen LogP contribution in [0.3, 0.4) is 0 Å². The van der Waals surface area contributed by atoms with E-state index in [9.17, 15) is 22.4 Å². The van der Waals surface area contributed by atoms with Crippen molar-refractivity contribution in [3.8, 4) is 11.3 Å². The fraction of sp³-hybridized carbons (Fsp3) is 0.261. The van der Waals surface area contributed by atoms with Crippen LogP contribution >= 0.6 is 0 Å². The molecule has 2 aromatic carbocycles. The summed E-state index contributed by atoms with van der Waals surface area (Å²) in [6.45, 7) is 1.14. The zero-order valence-electron chi connectivity index (χ0n) is 16.9. The van der Waals surface area contributed by atoms with E-state index in [0.29, 0.717) is 38.1 Å². The van der Waals surface area contributed by atoms with Gasteiger partial charge in [-0.25, -0.2) is 14.4 Å². The number of nitrogens with one attached hydrogen (secondary N) is 1. The largest absolute Gasteiger partial charge is 0.419 e. The molecule has 1 aliphatic rings. The van der Waals surface area contributed by atoms with Gasteiger partial charge in [0, 0.05) is 36.3 Å². The van der Waals surface area contributed by atoms with Crippen LogP contribution in [0.1, 0.15) is 18.4 Å². The molecule has 1 aliphatic heterocycles. The Balaban J connectivity index is 1.39. The second-order valence-electron chi connectivity index (χ2n) is 7.57. The highest BCUT2D eigenvalue weighted by atomic mass is 19.4. The third-order valence-electron chi connectivity index (χ3n) is 5.45. The van der Waals surface area contributed by atoms with E-state index >= 15 is 0 Å². The van der Waals surface area contributed by atoms with Crippen molar-refractivity contribution in [2.24, 2.45) is 5.92 Å². The summed E-state index contributed by atoms with van der Waals surface area (Å²) in [6.07, 6.45) is -2.29. The van der Waals surface area contributed by atoms with Crippen LogP contribution in [0.2, 0.25) is 0 Å². The Bertz CT molecular complexity index is 1100. The molecule has 1 aromatic heterocycles. The Labute approximate surface area is 182 Å². The molecule has 0 aliphatic carbocycles. The van der Waals surface area contributed by atoms with Gasteiger partial charge in [-0.2, -0.15) is 13.2 Å². The first-order valence-corrected chi connectivity index (χ1v) is 10.1. The van der Waals surface area contributed by atoms with Gasteiger partial charge in [-0.3, -0.25) is 4.79 Å². The first kappa shape index (κ1) is 21.7. The molecule has 0 bridgehead atoms. The molecule has 1 N–H and O–H groups in total. The van der Waals surface area contributed by atoms with Crippen LogP contribution < -0.4 is 10.2 Å². The predicted octanol–water partition coefficient (Wildman–Crippen LogP) is 5.16. The van der Waals surface area contributed by atoms with Crippen molar-refractivity contribution in [3.05, 3.63) is 72.3 Å². The van der Waals surface area contributed by atoms with E-state index < -0.39 is 17.6 Å². The maximum Gasteiger partial charge on any atom is 0.419 e. The molecule has 5 nitrogen and oxygen atoms in total. The Morgan fingerprint density at radius 2 is 1.72 bits per heavy atom. The molecule has 3 aromatic rings. The molecule has 0 saturated carbocycles. The third kappa shape index (κ3) is 4.87. The van der Waals surface area contributed by atoms with Crippen molar-refractivity contribution in [1.29, 1.82) is 0 Å². The molecule has 9 heteroatoms. The highest BCUT2D eigenvalue weighted by molar-refractivity contribution is 5.92. The maximum atomic E-state index is 13.5. The molecule has 2 heterocycles. The van der Waals surface area contributed by atoms with Crippen LogP contribution in [-0.4, -0.2) is 29.0 Å². The van der Waals surface area contributed by atoms with Gasteiger partial charge < -0.3 is 10.2 Å². The second kappa shape index (κ2) is 8.94. The smallest absolute Gasteiger partial charge is 0.356 e. The van der Waals surface area contributed by atoms with Gasteiger partial charge in [0.15, 0.2) is 0 Å². The number of rotatable bonds is 4. The minimum absolute atomic E-state index is 0.0746. The number of amides is 1. The number of carbonyl (C=O) groups is 1. The number of aromatic nitrogens is 2. The molecule has 1 amide bonds. The van der Waals surface area contributed by atoms with E-state index in [1.807, 2.05) is 36.4 Å². The predicted molar refractivity (Wildman–Crippen MR) is 112 cm³/mol. The summed E-state index contributed by atoms with van der Waals surface area (Å²) in [5, 5.41) is 2.49. The van der Waals surface area contributed by atoms with Crippen LogP contribution in [0.25, 0.3) is 11.3 Å². The summed E-state index contributed by atoms with van der Waals surface area (Å²) in [5.74, 6) is -1.35. The number of anilines is 2. The molecule has 0 atom stereocenters. The van der Waals surface area contributed by atoms with Gasteiger partial charge >= 0.3 is 6.18 Å². The monoisotopic (exact) mass is 444 g/mol. The zero-order chi connectivity index (χ0) is 22.7. The molecule has 1 saturated heterocycles. The highest BCUT2D eigenvalue weighted by Crippen LogP contribution is 2.33. The lowest BCUT2D eigenvalue weighted by Crippen LogP contribution is -2.38. The highest BCUT2D eigenvalue weighted by Gasteiger charge is 2.34. The molecular weight excluding hydrogens is 424 g/mol. The van der Waals surface area contributed by atoms with Crippen LogP contribution in [0, 0.1) is 11.7 Å². The molecule has 1 fully saturated rings. The lowest BCUT2D eigenvalue weighted by Gasteiger charge is -2.32. The van der Waals surface area contributed by atoms with Crippen molar-refractivity contribution in [1.82, 2.24) is 9.97 Å². The molecular formula is C23H20F4N4O. The summed E-state index contributed by atoms with van der Waals surface area (Å²) in [7, 11) is 0. The fourth-order valence-electron chi connectivity index (χ4n) is 3.72. The topological polar surface area (TPSA) is 58.1 Å². The summed E-state index contributed by atoms with van der Waals surface area (Å²) < 4.78 is 52.1. The Morgan fingerprint density at radius 1 is 1.00 bits per heavy atom. The number of benzene rings is 2. The van der Waals surface area contributed by atoms with E-state index in [0.717, 1.165) is 23.1 Å². The van der Waals surface area contributed by atoms with Crippen LogP contribution in [0.4, 0.5) is 29.1 Å². The van der Waals surface area contributed by atoms with E-state index in [4.69, 9.17) is 0 Å². The van der Waals surface area contributed by atoms with Crippen molar-refractivity contribution >= 4 is 17.4 Å². The standard InChI is InChI=1S/C23H20F4N4O/c24-19-7-6-17(12-18(19)23(25,26)27)30-22(32)16-8-10-31(11-9-16)21-13-20(28-14-29-21)15-4-2-1-3-5-15/h1-7,12-14,16H,8-11H2,(H,30,32). The number of piperidine rings is 1. The molecule has 0 radical (unpaired) electrons. The van der Waals surface area contributed by atoms with Gasteiger partial charge in [-0.15, -0.1) is 0 Å². The van der Waals surface area contributed by atoms with Gasteiger partial charge in [0.25, 0.3) is 0 Å². The molecule has 0 unspecified atom stereocenters. The van der Waals surface area contributed by atoms with Crippen LogP contribution in [-0.2, 0) is 11.0 Å². The Hall–Kier alpha value is -3.49. The van der Waals surface area contributed by atoms with Gasteiger partial charge in [0.1, 0.15) is 18.0 Å². The van der Waals surface area contributed by atoms with Crippen molar-refractivity contribution in [3.63, 3.8) is 0 Å². The number of hydrogen-bond acceptors (Lipinski definition) is 4. The first-order valence-electron chi connectivity index (χ1n) is 10.1. The number of halogens is 4. The minimum atomic E-state index is -4.83. The number of carbonyl (C=O) groups excluding carboxylic acids is 1. The van der Waals surface area contributed by atoms with Crippen LogP contribution in [0.15, 0.2) is 60.9 Å². The number of hydrogen-bond donors (Lipinski definition) is 1. The number of nitrogens with zero attached hydrogens (tertiary/aromatic N) is 3. The van der Waals surface area contributed by atoms with Crippen LogP contribution in [0.5, 0.6) is 0 Å². The van der Waals surface area contributed by atoms with E-state index in [-0.39, 0.29) is 17.5 Å². The summed E-state index contributed by atoms with van der Waals surface area (Å²) in [4.78, 5) is 23.3. The Morgan fingerprint density at radius 3 is 2.41 bits per heavy atom. The van der Waals surface area contributed by atoms with E-state index in [1.165, 1.54) is 6.33 Å². The minimum Gasteiger partial charge on any atom is -0.356 e. The van der Waals surface area contributed by atoms with Gasteiger partial charge in [-0.1, -0.05) is 30.3 Å². The van der Waals surface area contributed by atoms with Gasteiger partial charge in [0.05, 0.1) is 11.3 Å². The summed E-state index contributed by atoms with van der Waals surface area (Å²) >= 11 is 0. The fourth-order valence-corrected chi connectivity index (χ4v) is 3.72. The average Bonchev–Trinajstić information content (AvgIpc) is 2.80. The molecule has 32 heavy (non-hydrogen) atoms. The quantitative estimate of drug-likeness (QED) is 0.565. The van der Waals surface area contributed by atoms with E-state index in [1.54, 1.807) is 0 Å². The summed E-state index contributed by atoms with van der Waals surface area (Å²) in [5.41, 5.74) is 0.299. The Kier molecular flexibility index (Phi) is 6.07. The molecule has 166 valence electrons. The maximum absolute atomic E-state index is 13.5. The zero-order valence-corrected chi connectivity index (χ0v) is 16.9. The average molecular weight is 444 g/mol. The van der Waals surface area contributed by atoms with Crippen molar-refractivity contribution < 1.29 is 22.4 Å². The lowest BCUT2D eigenvalue weighted by molar-refractivity contribution is -0.140. The first-order chi connectivity index (χ1) is 15.3. The van der Waals surface area contributed by atoms with Gasteiger partial charge in [-0.05, 0) is 31.0 Å². The normalized spacial score (nSPS) is 14.9. The summed E-state index contributed by atoms with van der Waals surface area (Å²) in [6, 6.07) is 14.1.